The van der Waals surface area contributed by atoms with Crippen molar-refractivity contribution in [3.05, 3.63) is 70.4 Å². The number of nitrogens with zero attached hydrogens (tertiary/aromatic N) is 3. The van der Waals surface area contributed by atoms with Crippen LogP contribution in [0.15, 0.2) is 36.5 Å². The second-order valence-corrected chi connectivity index (χ2v) is 6.81. The van der Waals surface area contributed by atoms with E-state index in [1.165, 1.54) is 12.1 Å². The minimum Gasteiger partial charge on any atom is -0.349 e. The standard InChI is InChI=1S/C21H17FN4O/c22-15-5-1-13(2-6-15)3-7-16-11-18-14(12-24-16)4-8-17-19(18)25-26-10-9-23-21(27)20(17)26/h1-3,5-7,11-12H,4,8-10H2,(H,23,27). The van der Waals surface area contributed by atoms with Gasteiger partial charge in [0.1, 0.15) is 11.5 Å². The van der Waals surface area contributed by atoms with Crippen molar-refractivity contribution >= 4 is 18.1 Å². The van der Waals surface area contributed by atoms with Gasteiger partial charge in [-0.15, -0.1) is 0 Å². The van der Waals surface area contributed by atoms with Gasteiger partial charge in [0.15, 0.2) is 0 Å². The number of aryl methyl sites for hydroxylation is 1. The van der Waals surface area contributed by atoms with Crippen LogP contribution >= 0.6 is 0 Å². The third-order valence-electron chi connectivity index (χ3n) is 5.10. The number of hydrogen-bond donors (Lipinski definition) is 1. The number of nitrogens with one attached hydrogen (secondary N) is 1. The van der Waals surface area contributed by atoms with Crippen LogP contribution in [0.4, 0.5) is 4.39 Å². The van der Waals surface area contributed by atoms with E-state index < -0.39 is 0 Å². The number of fused-ring (bicyclic) bond motifs is 5. The minimum absolute atomic E-state index is 0.0380. The van der Waals surface area contributed by atoms with Crippen LogP contribution in [-0.2, 0) is 19.4 Å². The molecule has 0 saturated heterocycles. The van der Waals surface area contributed by atoms with E-state index in [2.05, 4.69) is 10.3 Å². The molecule has 2 aliphatic rings. The molecule has 27 heavy (non-hydrogen) atoms. The van der Waals surface area contributed by atoms with Gasteiger partial charge >= 0.3 is 0 Å². The van der Waals surface area contributed by atoms with Crippen molar-refractivity contribution in [3.8, 4) is 11.3 Å². The van der Waals surface area contributed by atoms with Crippen LogP contribution in [0.2, 0.25) is 0 Å². The number of carbonyl (C=O) groups excluding carboxylic acids is 1. The van der Waals surface area contributed by atoms with Crippen LogP contribution < -0.4 is 5.32 Å². The molecule has 5 rings (SSSR count). The first-order chi connectivity index (χ1) is 13.2. The number of amides is 1. The van der Waals surface area contributed by atoms with Crippen molar-refractivity contribution in [1.82, 2.24) is 20.1 Å². The summed E-state index contributed by atoms with van der Waals surface area (Å²) in [5, 5.41) is 7.62. The molecule has 5 nitrogen and oxygen atoms in total. The van der Waals surface area contributed by atoms with Crippen LogP contribution in [0.1, 0.15) is 32.9 Å². The largest absolute Gasteiger partial charge is 0.349 e. The lowest BCUT2D eigenvalue weighted by Gasteiger charge is -2.17. The highest BCUT2D eigenvalue weighted by Crippen LogP contribution is 2.35. The fraction of sp³-hybridized carbons (Fsp3) is 0.190. The SMILES string of the molecule is O=C1NCCn2nc3c(c21)CCc1cnc(C=Cc2ccc(F)cc2)cc1-3. The molecular formula is C21H17FN4O. The minimum atomic E-state index is -0.251. The summed E-state index contributed by atoms with van der Waals surface area (Å²) < 4.78 is 14.9. The number of carbonyl (C=O) groups is 1. The molecule has 0 unspecified atom stereocenters. The number of benzene rings is 1. The number of halogens is 1. The molecule has 0 atom stereocenters. The molecule has 6 heteroatoms. The summed E-state index contributed by atoms with van der Waals surface area (Å²) in [5.41, 5.74) is 6.52. The van der Waals surface area contributed by atoms with Crippen molar-refractivity contribution in [2.45, 2.75) is 19.4 Å². The quantitative estimate of drug-likeness (QED) is 0.764. The highest BCUT2D eigenvalue weighted by atomic mass is 19.1. The molecule has 3 heterocycles. The fourth-order valence-electron chi connectivity index (χ4n) is 3.75. The highest BCUT2D eigenvalue weighted by molar-refractivity contribution is 5.97. The lowest BCUT2D eigenvalue weighted by Crippen LogP contribution is -2.36. The predicted molar refractivity (Wildman–Crippen MR) is 101 cm³/mol. The maximum absolute atomic E-state index is 13.0. The summed E-state index contributed by atoms with van der Waals surface area (Å²) in [7, 11) is 0. The smallest absolute Gasteiger partial charge is 0.269 e. The Labute approximate surface area is 155 Å². The Morgan fingerprint density at radius 3 is 2.85 bits per heavy atom. The second kappa shape index (κ2) is 6.16. The Hall–Kier alpha value is -3.28. The maximum Gasteiger partial charge on any atom is 0.269 e. The molecule has 1 aliphatic carbocycles. The van der Waals surface area contributed by atoms with Crippen molar-refractivity contribution in [3.63, 3.8) is 0 Å². The predicted octanol–water partition coefficient (Wildman–Crippen LogP) is 3.10. The zero-order chi connectivity index (χ0) is 18.4. The van der Waals surface area contributed by atoms with Crippen LogP contribution in [0, 0.1) is 5.82 Å². The number of pyridine rings is 1. The molecule has 0 bridgehead atoms. The van der Waals surface area contributed by atoms with Gasteiger partial charge < -0.3 is 5.32 Å². The summed E-state index contributed by atoms with van der Waals surface area (Å²) in [4.78, 5) is 16.8. The van der Waals surface area contributed by atoms with Gasteiger partial charge in [0.05, 0.1) is 17.9 Å². The first-order valence-corrected chi connectivity index (χ1v) is 9.00. The third kappa shape index (κ3) is 2.73. The first kappa shape index (κ1) is 15.9. The van der Waals surface area contributed by atoms with E-state index in [9.17, 15) is 9.18 Å². The normalized spacial score (nSPS) is 15.2. The molecule has 0 fully saturated rings. The van der Waals surface area contributed by atoms with E-state index in [-0.39, 0.29) is 11.7 Å². The van der Waals surface area contributed by atoms with Gasteiger partial charge in [-0.3, -0.25) is 14.5 Å². The molecule has 1 aliphatic heterocycles. The van der Waals surface area contributed by atoms with Crippen molar-refractivity contribution in [1.29, 1.82) is 0 Å². The number of rotatable bonds is 2. The van der Waals surface area contributed by atoms with Crippen LogP contribution in [-0.4, -0.2) is 27.2 Å². The zero-order valence-electron chi connectivity index (χ0n) is 14.6. The van der Waals surface area contributed by atoms with E-state index in [4.69, 9.17) is 5.10 Å². The highest BCUT2D eigenvalue weighted by Gasteiger charge is 2.30. The van der Waals surface area contributed by atoms with Gasteiger partial charge in [-0.25, -0.2) is 4.39 Å². The lowest BCUT2D eigenvalue weighted by molar-refractivity contribution is 0.0923. The molecule has 3 aromatic rings. The molecule has 1 amide bonds. The Morgan fingerprint density at radius 2 is 2.00 bits per heavy atom. The molecule has 0 spiro atoms. The monoisotopic (exact) mass is 360 g/mol. The first-order valence-electron chi connectivity index (χ1n) is 9.00. The molecule has 0 radical (unpaired) electrons. The lowest BCUT2D eigenvalue weighted by atomic mass is 9.89. The molecule has 1 aromatic carbocycles. The Balaban J connectivity index is 1.53. The number of hydrogen-bond acceptors (Lipinski definition) is 3. The van der Waals surface area contributed by atoms with Gasteiger partial charge in [-0.1, -0.05) is 18.2 Å². The number of aromatic nitrogens is 3. The third-order valence-corrected chi connectivity index (χ3v) is 5.10. The van der Waals surface area contributed by atoms with Crippen molar-refractivity contribution in [2.24, 2.45) is 0 Å². The Kier molecular flexibility index (Phi) is 3.63. The molecular weight excluding hydrogens is 343 g/mol. The van der Waals surface area contributed by atoms with Gasteiger partial charge in [0.2, 0.25) is 0 Å². The van der Waals surface area contributed by atoms with E-state index in [1.807, 2.05) is 29.1 Å². The van der Waals surface area contributed by atoms with Gasteiger partial charge in [-0.2, -0.15) is 5.10 Å². The van der Waals surface area contributed by atoms with Gasteiger partial charge in [0, 0.05) is 23.9 Å². The van der Waals surface area contributed by atoms with E-state index >= 15 is 0 Å². The van der Waals surface area contributed by atoms with Crippen LogP contribution in [0.25, 0.3) is 23.4 Å². The molecule has 1 N–H and O–H groups in total. The Bertz CT molecular complexity index is 1080. The summed E-state index contributed by atoms with van der Waals surface area (Å²) in [5.74, 6) is -0.289. The zero-order valence-corrected chi connectivity index (χ0v) is 14.6. The topological polar surface area (TPSA) is 59.8 Å². The van der Waals surface area contributed by atoms with E-state index in [0.29, 0.717) is 18.8 Å². The maximum atomic E-state index is 13.0. The second-order valence-electron chi connectivity index (χ2n) is 6.81. The van der Waals surface area contributed by atoms with Gasteiger partial charge in [-0.05, 0) is 48.2 Å². The molecule has 2 aromatic heterocycles. The Morgan fingerprint density at radius 1 is 1.15 bits per heavy atom. The summed E-state index contributed by atoms with van der Waals surface area (Å²) >= 11 is 0. The van der Waals surface area contributed by atoms with Crippen LogP contribution in [0.5, 0.6) is 0 Å². The van der Waals surface area contributed by atoms with Gasteiger partial charge in [0.25, 0.3) is 5.91 Å². The molecule has 134 valence electrons. The summed E-state index contributed by atoms with van der Waals surface area (Å²) in [6.07, 6.45) is 7.36. The summed E-state index contributed by atoms with van der Waals surface area (Å²) in [6.45, 7) is 1.31. The van der Waals surface area contributed by atoms with E-state index in [1.54, 1.807) is 12.1 Å². The van der Waals surface area contributed by atoms with E-state index in [0.717, 1.165) is 46.5 Å². The molecule has 0 saturated carbocycles. The van der Waals surface area contributed by atoms with Crippen LogP contribution in [0.3, 0.4) is 0 Å². The van der Waals surface area contributed by atoms with Crippen molar-refractivity contribution < 1.29 is 9.18 Å². The average Bonchev–Trinajstić information content (AvgIpc) is 3.08. The summed E-state index contributed by atoms with van der Waals surface area (Å²) in [6, 6.07) is 8.35. The fourth-order valence-corrected chi connectivity index (χ4v) is 3.75. The average molecular weight is 360 g/mol. The van der Waals surface area contributed by atoms with Crippen molar-refractivity contribution in [2.75, 3.05) is 6.54 Å².